The van der Waals surface area contributed by atoms with E-state index in [1.54, 1.807) is 19.1 Å². The van der Waals surface area contributed by atoms with Gasteiger partial charge in [0.05, 0.1) is 17.7 Å². The Morgan fingerprint density at radius 1 is 1.50 bits per heavy atom. The van der Waals surface area contributed by atoms with Crippen molar-refractivity contribution in [1.29, 1.82) is 0 Å². The molecule has 108 valence electrons. The standard InChI is InChI=1S/C14H17NO5/c1-3-7-20-13(19)15-14(2,9-16)11-6-4-5-10(8-11)12(17)18/h3-6,8,16H,1,7,9H2,2H3,(H,15,19)(H,17,18). The molecule has 6 heteroatoms. The van der Waals surface area contributed by atoms with Crippen LogP contribution >= 0.6 is 0 Å². The third-order valence-corrected chi connectivity index (χ3v) is 2.77. The fourth-order valence-corrected chi connectivity index (χ4v) is 1.59. The maximum atomic E-state index is 11.6. The maximum absolute atomic E-state index is 11.6. The van der Waals surface area contributed by atoms with E-state index >= 15 is 0 Å². The van der Waals surface area contributed by atoms with Crippen molar-refractivity contribution in [3.63, 3.8) is 0 Å². The van der Waals surface area contributed by atoms with Crippen molar-refractivity contribution in [3.05, 3.63) is 48.0 Å². The van der Waals surface area contributed by atoms with Crippen LogP contribution in [0.3, 0.4) is 0 Å². The molecule has 0 heterocycles. The number of hydrogen-bond acceptors (Lipinski definition) is 4. The predicted octanol–water partition coefficient (Wildman–Crippen LogP) is 1.50. The van der Waals surface area contributed by atoms with Gasteiger partial charge in [0.2, 0.25) is 0 Å². The van der Waals surface area contributed by atoms with Crippen molar-refractivity contribution in [1.82, 2.24) is 5.32 Å². The molecule has 0 spiro atoms. The molecule has 1 amide bonds. The van der Waals surface area contributed by atoms with E-state index < -0.39 is 24.2 Å². The summed E-state index contributed by atoms with van der Waals surface area (Å²) in [6.07, 6.45) is 0.697. The van der Waals surface area contributed by atoms with Crippen molar-refractivity contribution in [3.8, 4) is 0 Å². The molecule has 0 radical (unpaired) electrons. The summed E-state index contributed by atoms with van der Waals surface area (Å²) in [7, 11) is 0. The topological polar surface area (TPSA) is 95.9 Å². The van der Waals surface area contributed by atoms with Crippen molar-refractivity contribution < 1.29 is 24.5 Å². The number of aliphatic hydroxyl groups excluding tert-OH is 1. The Labute approximate surface area is 116 Å². The lowest BCUT2D eigenvalue weighted by Gasteiger charge is -2.29. The molecule has 0 fully saturated rings. The first-order chi connectivity index (χ1) is 9.42. The molecule has 1 atom stereocenters. The lowest BCUT2D eigenvalue weighted by atomic mass is 9.91. The molecule has 0 aromatic heterocycles. The summed E-state index contributed by atoms with van der Waals surface area (Å²) in [6, 6.07) is 5.99. The van der Waals surface area contributed by atoms with Crippen LogP contribution in [0.2, 0.25) is 0 Å². The molecular weight excluding hydrogens is 262 g/mol. The Balaban J connectivity index is 2.97. The van der Waals surface area contributed by atoms with Gasteiger partial charge in [-0.15, -0.1) is 0 Å². The van der Waals surface area contributed by atoms with Crippen molar-refractivity contribution in [2.75, 3.05) is 13.2 Å². The fraction of sp³-hybridized carbons (Fsp3) is 0.286. The third kappa shape index (κ3) is 3.83. The molecule has 1 rings (SSSR count). The number of amides is 1. The van der Waals surface area contributed by atoms with Crippen LogP contribution in [0.15, 0.2) is 36.9 Å². The zero-order valence-electron chi connectivity index (χ0n) is 11.1. The number of carbonyl (C=O) groups excluding carboxylic acids is 1. The molecule has 6 nitrogen and oxygen atoms in total. The van der Waals surface area contributed by atoms with Gasteiger partial charge in [-0.1, -0.05) is 24.8 Å². The average Bonchev–Trinajstić information content (AvgIpc) is 2.45. The quantitative estimate of drug-likeness (QED) is 0.686. The molecule has 0 aliphatic rings. The van der Waals surface area contributed by atoms with E-state index in [-0.39, 0.29) is 12.2 Å². The van der Waals surface area contributed by atoms with Gasteiger partial charge in [0, 0.05) is 0 Å². The van der Waals surface area contributed by atoms with Crippen molar-refractivity contribution in [2.45, 2.75) is 12.5 Å². The van der Waals surface area contributed by atoms with Gasteiger partial charge >= 0.3 is 12.1 Å². The van der Waals surface area contributed by atoms with Crippen molar-refractivity contribution >= 4 is 12.1 Å². The summed E-state index contributed by atoms with van der Waals surface area (Å²) >= 11 is 0. The van der Waals surface area contributed by atoms with E-state index in [0.717, 1.165) is 0 Å². The minimum atomic E-state index is -1.14. The summed E-state index contributed by atoms with van der Waals surface area (Å²) in [4.78, 5) is 22.5. The number of aromatic carboxylic acids is 1. The van der Waals surface area contributed by atoms with E-state index in [1.165, 1.54) is 18.2 Å². The summed E-state index contributed by atoms with van der Waals surface area (Å²) in [5, 5.41) is 21.0. The number of alkyl carbamates (subject to hydrolysis) is 1. The number of carboxylic acid groups (broad SMARTS) is 1. The first-order valence-corrected chi connectivity index (χ1v) is 5.93. The highest BCUT2D eigenvalue weighted by Gasteiger charge is 2.29. The first kappa shape index (κ1) is 15.7. The molecule has 20 heavy (non-hydrogen) atoms. The number of aliphatic hydroxyl groups is 1. The normalized spacial score (nSPS) is 13.1. The third-order valence-electron chi connectivity index (χ3n) is 2.77. The fourth-order valence-electron chi connectivity index (χ4n) is 1.59. The molecule has 1 unspecified atom stereocenters. The second kappa shape index (κ2) is 6.72. The number of hydrogen-bond donors (Lipinski definition) is 3. The highest BCUT2D eigenvalue weighted by molar-refractivity contribution is 5.87. The van der Waals surface area contributed by atoms with Crippen LogP contribution in [0.5, 0.6) is 0 Å². The zero-order chi connectivity index (χ0) is 15.2. The summed E-state index contributed by atoms with van der Waals surface area (Å²) < 4.78 is 4.79. The summed E-state index contributed by atoms with van der Waals surface area (Å²) in [6.45, 7) is 4.63. The Morgan fingerprint density at radius 3 is 2.75 bits per heavy atom. The van der Waals surface area contributed by atoms with Gasteiger partial charge in [-0.3, -0.25) is 0 Å². The summed E-state index contributed by atoms with van der Waals surface area (Å²) in [5.74, 6) is -1.08. The average molecular weight is 279 g/mol. The molecule has 1 aromatic carbocycles. The van der Waals surface area contributed by atoms with Crippen LogP contribution in [0.1, 0.15) is 22.8 Å². The largest absolute Gasteiger partial charge is 0.478 e. The number of rotatable bonds is 6. The SMILES string of the molecule is C=CCOC(=O)NC(C)(CO)c1cccc(C(=O)O)c1. The number of ether oxygens (including phenoxy) is 1. The van der Waals surface area contributed by atoms with Crippen molar-refractivity contribution in [2.24, 2.45) is 0 Å². The molecule has 0 saturated heterocycles. The van der Waals surface area contributed by atoms with Gasteiger partial charge in [0.1, 0.15) is 6.61 Å². The molecule has 0 aliphatic carbocycles. The highest BCUT2D eigenvalue weighted by Crippen LogP contribution is 2.21. The minimum Gasteiger partial charge on any atom is -0.478 e. The summed E-state index contributed by atoms with van der Waals surface area (Å²) in [5.41, 5.74) is -0.595. The second-order valence-corrected chi connectivity index (χ2v) is 4.39. The Hall–Kier alpha value is -2.34. The van der Waals surface area contributed by atoms with Gasteiger partial charge in [-0.2, -0.15) is 0 Å². The van der Waals surface area contributed by atoms with Crippen LogP contribution in [0.4, 0.5) is 4.79 Å². The lowest BCUT2D eigenvalue weighted by Crippen LogP contribution is -2.46. The maximum Gasteiger partial charge on any atom is 0.408 e. The van der Waals surface area contributed by atoms with Crippen LogP contribution in [-0.4, -0.2) is 35.5 Å². The molecular formula is C14H17NO5. The van der Waals surface area contributed by atoms with Crippen LogP contribution in [0.25, 0.3) is 0 Å². The minimum absolute atomic E-state index is 0.0442. The second-order valence-electron chi connectivity index (χ2n) is 4.39. The molecule has 0 aliphatic heterocycles. The molecule has 3 N–H and O–H groups in total. The molecule has 1 aromatic rings. The van der Waals surface area contributed by atoms with E-state index in [9.17, 15) is 14.7 Å². The number of nitrogens with one attached hydrogen (secondary N) is 1. The Kier molecular flexibility index (Phi) is 5.28. The number of carbonyl (C=O) groups is 2. The van der Waals surface area contributed by atoms with E-state index in [0.29, 0.717) is 5.56 Å². The lowest BCUT2D eigenvalue weighted by molar-refractivity contribution is 0.0696. The van der Waals surface area contributed by atoms with Gasteiger partial charge in [-0.05, 0) is 24.6 Å². The first-order valence-electron chi connectivity index (χ1n) is 5.93. The number of benzene rings is 1. The monoisotopic (exact) mass is 279 g/mol. The highest BCUT2D eigenvalue weighted by atomic mass is 16.5. The van der Waals surface area contributed by atoms with Gasteiger partial charge in [0.25, 0.3) is 0 Å². The zero-order valence-corrected chi connectivity index (χ0v) is 11.1. The number of carboxylic acids is 1. The molecule has 0 saturated carbocycles. The van der Waals surface area contributed by atoms with Gasteiger partial charge in [0.15, 0.2) is 0 Å². The van der Waals surface area contributed by atoms with E-state index in [1.807, 2.05) is 0 Å². The van der Waals surface area contributed by atoms with Gasteiger partial charge < -0.3 is 20.3 Å². The smallest absolute Gasteiger partial charge is 0.408 e. The predicted molar refractivity (Wildman–Crippen MR) is 72.5 cm³/mol. The van der Waals surface area contributed by atoms with Crippen LogP contribution < -0.4 is 5.32 Å². The van der Waals surface area contributed by atoms with Crippen LogP contribution in [0, 0.1) is 0 Å². The van der Waals surface area contributed by atoms with Gasteiger partial charge in [-0.25, -0.2) is 9.59 Å². The molecule has 0 bridgehead atoms. The van der Waals surface area contributed by atoms with E-state index in [4.69, 9.17) is 9.84 Å². The van der Waals surface area contributed by atoms with E-state index in [2.05, 4.69) is 11.9 Å². The Bertz CT molecular complexity index is 514. The Morgan fingerprint density at radius 2 is 2.20 bits per heavy atom. The van der Waals surface area contributed by atoms with Crippen LogP contribution in [-0.2, 0) is 10.3 Å².